The van der Waals surface area contributed by atoms with Crippen LogP contribution in [0.15, 0.2) is 48.5 Å². The molecule has 0 saturated carbocycles. The summed E-state index contributed by atoms with van der Waals surface area (Å²) in [7, 11) is -1.38. The average molecular weight is 231 g/mol. The minimum atomic E-state index is -1.38. The fourth-order valence-electron chi connectivity index (χ4n) is 1.33. The first kappa shape index (κ1) is 9.49. The molecule has 2 aromatic carbocycles. The van der Waals surface area contributed by atoms with Gasteiger partial charge < -0.3 is 13.6 Å². The van der Waals surface area contributed by atoms with Crippen molar-refractivity contribution in [3.63, 3.8) is 0 Å². The van der Waals surface area contributed by atoms with E-state index in [1.54, 1.807) is 6.07 Å². The SMILES string of the molecule is [c]1ccccc1OP1Oc2ccccc2O1. The average Bonchev–Trinajstić information content (AvgIpc) is 2.72. The second-order valence-corrected chi connectivity index (χ2v) is 4.17. The zero-order valence-electron chi connectivity index (χ0n) is 8.29. The number of benzene rings is 2. The maximum atomic E-state index is 5.52. The van der Waals surface area contributed by atoms with Crippen LogP contribution in [0.5, 0.6) is 17.2 Å². The third-order valence-corrected chi connectivity index (χ3v) is 3.09. The molecule has 1 aliphatic heterocycles. The van der Waals surface area contributed by atoms with Crippen LogP contribution in [0.3, 0.4) is 0 Å². The summed E-state index contributed by atoms with van der Waals surface area (Å²) >= 11 is 0. The van der Waals surface area contributed by atoms with Gasteiger partial charge in [0, 0.05) is 6.07 Å². The van der Waals surface area contributed by atoms with Crippen molar-refractivity contribution < 1.29 is 13.6 Å². The summed E-state index contributed by atoms with van der Waals surface area (Å²) in [5, 5.41) is 0. The van der Waals surface area contributed by atoms with Crippen LogP contribution in [0.25, 0.3) is 0 Å². The molecule has 0 bridgehead atoms. The fraction of sp³-hybridized carbons (Fsp3) is 0. The Morgan fingerprint density at radius 2 is 1.62 bits per heavy atom. The Labute approximate surface area is 94.6 Å². The molecule has 0 aliphatic carbocycles. The van der Waals surface area contributed by atoms with Crippen molar-refractivity contribution in [2.45, 2.75) is 0 Å². The van der Waals surface area contributed by atoms with Gasteiger partial charge in [0.2, 0.25) is 0 Å². The van der Waals surface area contributed by atoms with Crippen LogP contribution in [0.2, 0.25) is 0 Å². The molecule has 2 aromatic rings. The van der Waals surface area contributed by atoms with Crippen LogP contribution in [0, 0.1) is 6.07 Å². The maximum Gasteiger partial charge on any atom is 0.530 e. The Hall–Kier alpha value is -1.73. The molecule has 1 aliphatic rings. The van der Waals surface area contributed by atoms with Gasteiger partial charge in [-0.05, 0) is 18.2 Å². The normalized spacial score (nSPS) is 13.8. The van der Waals surface area contributed by atoms with Crippen LogP contribution in [0.1, 0.15) is 0 Å². The minimum absolute atomic E-state index is 0.626. The highest BCUT2D eigenvalue weighted by atomic mass is 31.2. The van der Waals surface area contributed by atoms with Gasteiger partial charge >= 0.3 is 8.60 Å². The minimum Gasteiger partial charge on any atom is -0.408 e. The highest BCUT2D eigenvalue weighted by Gasteiger charge is 2.28. The molecule has 0 atom stereocenters. The lowest BCUT2D eigenvalue weighted by Crippen LogP contribution is -1.94. The third-order valence-electron chi connectivity index (χ3n) is 2.05. The van der Waals surface area contributed by atoms with Crippen LogP contribution in [-0.2, 0) is 0 Å². The Bertz CT molecular complexity index is 462. The molecule has 0 N–H and O–H groups in total. The second-order valence-electron chi connectivity index (χ2n) is 3.17. The number of hydrogen-bond donors (Lipinski definition) is 0. The largest absolute Gasteiger partial charge is 0.530 e. The Balaban J connectivity index is 1.73. The number of hydrogen-bond acceptors (Lipinski definition) is 3. The summed E-state index contributed by atoms with van der Waals surface area (Å²) in [6.45, 7) is 0. The molecule has 79 valence electrons. The van der Waals surface area contributed by atoms with Crippen molar-refractivity contribution in [3.05, 3.63) is 54.6 Å². The summed E-state index contributed by atoms with van der Waals surface area (Å²) in [4.78, 5) is 0. The molecule has 0 spiro atoms. The molecule has 3 rings (SSSR count). The van der Waals surface area contributed by atoms with Crippen molar-refractivity contribution in [1.29, 1.82) is 0 Å². The maximum absolute atomic E-state index is 5.52. The highest BCUT2D eigenvalue weighted by Crippen LogP contribution is 2.52. The lowest BCUT2D eigenvalue weighted by Gasteiger charge is -2.07. The van der Waals surface area contributed by atoms with E-state index in [0.717, 1.165) is 11.5 Å². The van der Waals surface area contributed by atoms with E-state index in [4.69, 9.17) is 13.6 Å². The van der Waals surface area contributed by atoms with Crippen molar-refractivity contribution in [1.82, 2.24) is 0 Å². The lowest BCUT2D eigenvalue weighted by atomic mass is 10.3. The summed E-state index contributed by atoms with van der Waals surface area (Å²) < 4.78 is 16.5. The standard InChI is InChI=1S/C12H8O3P/c1-2-6-10(7-3-1)13-16-14-11-8-4-5-9-12(11)15-16/h1-6,8-9H. The van der Waals surface area contributed by atoms with Crippen LogP contribution in [-0.4, -0.2) is 0 Å². The van der Waals surface area contributed by atoms with Gasteiger partial charge in [-0.25, -0.2) is 0 Å². The summed E-state index contributed by atoms with van der Waals surface area (Å²) in [6.07, 6.45) is 0. The molecule has 0 saturated heterocycles. The van der Waals surface area contributed by atoms with E-state index in [1.807, 2.05) is 42.5 Å². The Morgan fingerprint density at radius 3 is 2.25 bits per heavy atom. The Morgan fingerprint density at radius 1 is 0.938 bits per heavy atom. The first-order chi connectivity index (χ1) is 7.92. The molecule has 3 nitrogen and oxygen atoms in total. The van der Waals surface area contributed by atoms with Crippen molar-refractivity contribution in [3.8, 4) is 17.2 Å². The van der Waals surface area contributed by atoms with E-state index in [2.05, 4.69) is 6.07 Å². The first-order valence-electron chi connectivity index (χ1n) is 4.81. The van der Waals surface area contributed by atoms with Gasteiger partial charge in [0.1, 0.15) is 5.75 Å². The Kier molecular flexibility index (Phi) is 2.39. The topological polar surface area (TPSA) is 27.7 Å². The highest BCUT2D eigenvalue weighted by molar-refractivity contribution is 7.43. The molecule has 1 heterocycles. The number of rotatable bonds is 2. The zero-order chi connectivity index (χ0) is 10.8. The molecular weight excluding hydrogens is 223 g/mol. The van der Waals surface area contributed by atoms with Crippen LogP contribution >= 0.6 is 8.60 Å². The van der Waals surface area contributed by atoms with Crippen LogP contribution < -0.4 is 13.6 Å². The van der Waals surface area contributed by atoms with E-state index in [0.29, 0.717) is 5.75 Å². The van der Waals surface area contributed by atoms with Gasteiger partial charge in [-0.1, -0.05) is 30.3 Å². The number of para-hydroxylation sites is 3. The van der Waals surface area contributed by atoms with Gasteiger partial charge in [-0.3, -0.25) is 0 Å². The van der Waals surface area contributed by atoms with Crippen molar-refractivity contribution in [2.24, 2.45) is 0 Å². The van der Waals surface area contributed by atoms with Crippen LogP contribution in [0.4, 0.5) is 0 Å². The molecular formula is C12H8O3P. The van der Waals surface area contributed by atoms with Gasteiger partial charge in [-0.2, -0.15) is 0 Å². The second kappa shape index (κ2) is 4.03. The van der Waals surface area contributed by atoms with Gasteiger partial charge in [-0.15, -0.1) is 0 Å². The summed E-state index contributed by atoms with van der Waals surface area (Å²) in [5.41, 5.74) is 0. The smallest absolute Gasteiger partial charge is 0.408 e. The third kappa shape index (κ3) is 1.82. The molecule has 4 heteroatoms. The van der Waals surface area contributed by atoms with Gasteiger partial charge in [0.15, 0.2) is 11.5 Å². The quantitative estimate of drug-likeness (QED) is 0.739. The molecule has 0 aromatic heterocycles. The van der Waals surface area contributed by atoms with Crippen molar-refractivity contribution in [2.75, 3.05) is 0 Å². The molecule has 0 amide bonds. The zero-order valence-corrected chi connectivity index (χ0v) is 9.19. The predicted octanol–water partition coefficient (Wildman–Crippen LogP) is 3.56. The molecule has 0 fully saturated rings. The first-order valence-corrected chi connectivity index (χ1v) is 5.91. The number of fused-ring (bicyclic) bond motifs is 1. The van der Waals surface area contributed by atoms with Gasteiger partial charge in [0.25, 0.3) is 0 Å². The molecule has 0 unspecified atom stereocenters. The van der Waals surface area contributed by atoms with E-state index in [-0.39, 0.29) is 0 Å². The van der Waals surface area contributed by atoms with E-state index >= 15 is 0 Å². The van der Waals surface area contributed by atoms with Gasteiger partial charge in [0.05, 0.1) is 0 Å². The van der Waals surface area contributed by atoms with E-state index in [9.17, 15) is 0 Å². The monoisotopic (exact) mass is 231 g/mol. The lowest BCUT2D eigenvalue weighted by molar-refractivity contribution is 0.435. The van der Waals surface area contributed by atoms with Crippen molar-refractivity contribution >= 4 is 8.60 Å². The summed E-state index contributed by atoms with van der Waals surface area (Å²) in [6, 6.07) is 17.8. The fourth-order valence-corrected chi connectivity index (χ4v) is 2.34. The predicted molar refractivity (Wildman–Crippen MR) is 60.5 cm³/mol. The van der Waals surface area contributed by atoms with E-state index < -0.39 is 8.60 Å². The molecule has 16 heavy (non-hydrogen) atoms. The molecule has 1 radical (unpaired) electrons. The summed E-state index contributed by atoms with van der Waals surface area (Å²) in [5.74, 6) is 2.08. The van der Waals surface area contributed by atoms with E-state index in [1.165, 1.54) is 0 Å².